The molecule has 3 fully saturated rings. The van der Waals surface area contributed by atoms with Crippen LogP contribution in [-0.2, 0) is 4.79 Å². The van der Waals surface area contributed by atoms with E-state index in [9.17, 15) is 19.5 Å². The highest BCUT2D eigenvalue weighted by molar-refractivity contribution is 6.31. The van der Waals surface area contributed by atoms with Crippen LogP contribution >= 0.6 is 11.6 Å². The molecule has 4 atom stereocenters. The van der Waals surface area contributed by atoms with Crippen LogP contribution in [-0.4, -0.2) is 58.5 Å². The molecule has 2 bridgehead atoms. The summed E-state index contributed by atoms with van der Waals surface area (Å²) in [5, 5.41) is 11.1. The number of rotatable bonds is 2. The standard InChI is InChI=1S/C22H23ClN2O5/c23-15-4-5-19-12(7-15)8-16(22(29)30-19)21(28)24-9-13-6-14(10-24)18(11-26)25-17(13)2-1-3-20(25)27/h4-5,7-8,13-14,17-18,26H,1-3,6,9-11H2/t13-,14+,17+,18+/m1/s1. The maximum Gasteiger partial charge on any atom is 0.349 e. The van der Waals surface area contributed by atoms with Crippen LogP contribution in [0.25, 0.3) is 11.0 Å². The van der Waals surface area contributed by atoms with Gasteiger partial charge in [0.2, 0.25) is 5.91 Å². The number of halogens is 1. The van der Waals surface area contributed by atoms with Gasteiger partial charge < -0.3 is 19.3 Å². The Bertz CT molecular complexity index is 1070. The molecule has 7 nitrogen and oxygen atoms in total. The second-order valence-corrected chi connectivity index (χ2v) is 9.04. The molecule has 1 aromatic heterocycles. The zero-order valence-corrected chi connectivity index (χ0v) is 17.2. The van der Waals surface area contributed by atoms with Crippen molar-refractivity contribution in [2.45, 2.75) is 37.8 Å². The van der Waals surface area contributed by atoms with Crippen LogP contribution in [0, 0.1) is 11.8 Å². The second kappa shape index (κ2) is 7.39. The van der Waals surface area contributed by atoms with Gasteiger partial charge in [0.15, 0.2) is 0 Å². The Balaban J connectivity index is 1.47. The van der Waals surface area contributed by atoms with Crippen molar-refractivity contribution in [2.24, 2.45) is 11.8 Å². The lowest BCUT2D eigenvalue weighted by atomic mass is 9.72. The number of hydrogen-bond donors (Lipinski definition) is 1. The molecule has 1 N–H and O–H groups in total. The largest absolute Gasteiger partial charge is 0.422 e. The predicted octanol–water partition coefficient (Wildman–Crippen LogP) is 2.28. The summed E-state index contributed by atoms with van der Waals surface area (Å²) in [6, 6.07) is 6.21. The second-order valence-electron chi connectivity index (χ2n) is 8.61. The third-order valence-corrected chi connectivity index (χ3v) is 7.13. The highest BCUT2D eigenvalue weighted by Gasteiger charge is 2.50. The summed E-state index contributed by atoms with van der Waals surface area (Å²) in [4.78, 5) is 41.9. The molecular formula is C22H23ClN2O5. The lowest BCUT2D eigenvalue weighted by molar-refractivity contribution is -0.154. The van der Waals surface area contributed by atoms with E-state index in [4.69, 9.17) is 16.0 Å². The summed E-state index contributed by atoms with van der Waals surface area (Å²) in [5.74, 6) is -0.112. The molecule has 0 saturated carbocycles. The molecule has 0 spiro atoms. The minimum atomic E-state index is -0.668. The summed E-state index contributed by atoms with van der Waals surface area (Å²) >= 11 is 6.04. The van der Waals surface area contributed by atoms with Gasteiger partial charge in [-0.15, -0.1) is 0 Å². The summed E-state index contributed by atoms with van der Waals surface area (Å²) in [5.41, 5.74) is -0.297. The normalized spacial score (nSPS) is 28.5. The number of carbonyl (C=O) groups is 2. The minimum absolute atomic E-state index is 0.00191. The number of nitrogens with zero attached hydrogens (tertiary/aromatic N) is 2. The van der Waals surface area contributed by atoms with Crippen molar-refractivity contribution in [2.75, 3.05) is 19.7 Å². The first-order valence-electron chi connectivity index (χ1n) is 10.4. The van der Waals surface area contributed by atoms with Gasteiger partial charge in [-0.1, -0.05) is 11.6 Å². The van der Waals surface area contributed by atoms with Gasteiger partial charge in [-0.05, 0) is 55.4 Å². The van der Waals surface area contributed by atoms with E-state index in [1.54, 1.807) is 29.2 Å². The molecule has 2 aromatic rings. The zero-order valence-electron chi connectivity index (χ0n) is 16.4. The number of benzene rings is 1. The van der Waals surface area contributed by atoms with Crippen LogP contribution in [0.2, 0.25) is 5.02 Å². The Morgan fingerprint density at radius 1 is 1.20 bits per heavy atom. The first kappa shape index (κ1) is 19.6. The van der Waals surface area contributed by atoms with Gasteiger partial charge in [-0.2, -0.15) is 0 Å². The van der Waals surface area contributed by atoms with E-state index in [-0.39, 0.29) is 47.9 Å². The zero-order chi connectivity index (χ0) is 21.0. The predicted molar refractivity (Wildman–Crippen MR) is 110 cm³/mol. The van der Waals surface area contributed by atoms with Crippen molar-refractivity contribution >= 4 is 34.4 Å². The fourth-order valence-electron chi connectivity index (χ4n) is 5.59. The van der Waals surface area contributed by atoms with Crippen LogP contribution in [0.5, 0.6) is 0 Å². The fourth-order valence-corrected chi connectivity index (χ4v) is 5.77. The average molecular weight is 431 g/mol. The molecule has 4 heterocycles. The van der Waals surface area contributed by atoms with Gasteiger partial charge in [0.05, 0.1) is 12.6 Å². The lowest BCUT2D eigenvalue weighted by Crippen LogP contribution is -2.66. The maximum atomic E-state index is 13.3. The summed E-state index contributed by atoms with van der Waals surface area (Å²) < 4.78 is 5.34. The van der Waals surface area contributed by atoms with E-state index < -0.39 is 5.63 Å². The topological polar surface area (TPSA) is 91.1 Å². The van der Waals surface area contributed by atoms with Crippen molar-refractivity contribution in [1.29, 1.82) is 0 Å². The quantitative estimate of drug-likeness (QED) is 0.738. The summed E-state index contributed by atoms with van der Waals surface area (Å²) in [6.07, 6.45) is 3.13. The number of aliphatic hydroxyl groups excluding tert-OH is 1. The number of aliphatic hydroxyl groups is 1. The SMILES string of the molecule is O=C(c1cc2cc(Cl)ccc2oc1=O)N1C[C@H]2C[C@@H](C1)[C@H](CO)N1C(=O)CCC[C@@H]21. The van der Waals surface area contributed by atoms with Crippen LogP contribution in [0.3, 0.4) is 0 Å². The minimum Gasteiger partial charge on any atom is -0.422 e. The van der Waals surface area contributed by atoms with E-state index in [2.05, 4.69) is 0 Å². The number of amides is 2. The van der Waals surface area contributed by atoms with Crippen LogP contribution in [0.4, 0.5) is 0 Å². The van der Waals surface area contributed by atoms with Gasteiger partial charge in [0.1, 0.15) is 11.1 Å². The Labute approximate surface area is 178 Å². The Kier molecular flexibility index (Phi) is 4.82. The highest BCUT2D eigenvalue weighted by atomic mass is 35.5. The molecule has 3 aliphatic heterocycles. The van der Waals surface area contributed by atoms with E-state index in [0.29, 0.717) is 35.5 Å². The molecule has 3 aliphatic rings. The highest BCUT2D eigenvalue weighted by Crippen LogP contribution is 2.41. The van der Waals surface area contributed by atoms with E-state index in [1.807, 2.05) is 4.90 Å². The molecular weight excluding hydrogens is 408 g/mol. The van der Waals surface area contributed by atoms with Crippen LogP contribution in [0.15, 0.2) is 33.5 Å². The molecule has 5 rings (SSSR count). The van der Waals surface area contributed by atoms with E-state index >= 15 is 0 Å². The average Bonchev–Trinajstić information content (AvgIpc) is 2.74. The third kappa shape index (κ3) is 3.11. The van der Waals surface area contributed by atoms with Crippen molar-refractivity contribution < 1.29 is 19.1 Å². The van der Waals surface area contributed by atoms with Gasteiger partial charge in [-0.25, -0.2) is 4.79 Å². The van der Waals surface area contributed by atoms with Crippen LogP contribution in [0.1, 0.15) is 36.0 Å². The first-order chi connectivity index (χ1) is 14.5. The van der Waals surface area contributed by atoms with Crippen LogP contribution < -0.4 is 5.63 Å². The number of carbonyl (C=O) groups excluding carboxylic acids is 2. The van der Waals surface area contributed by atoms with Gasteiger partial charge >= 0.3 is 5.63 Å². The monoisotopic (exact) mass is 430 g/mol. The number of piperidine rings is 3. The van der Waals surface area contributed by atoms with Gasteiger partial charge in [0, 0.05) is 36.0 Å². The van der Waals surface area contributed by atoms with Crippen molar-refractivity contribution in [3.8, 4) is 0 Å². The van der Waals surface area contributed by atoms with Gasteiger partial charge in [-0.3, -0.25) is 9.59 Å². The molecule has 0 aliphatic carbocycles. The van der Waals surface area contributed by atoms with E-state index in [0.717, 1.165) is 19.3 Å². The molecule has 3 saturated heterocycles. The number of fused-ring (bicyclic) bond motifs is 5. The Morgan fingerprint density at radius 3 is 2.80 bits per heavy atom. The number of likely N-dealkylation sites (tertiary alicyclic amines) is 1. The number of hydrogen-bond acceptors (Lipinski definition) is 5. The van der Waals surface area contributed by atoms with E-state index in [1.165, 1.54) is 0 Å². The molecule has 8 heteroatoms. The molecule has 1 aromatic carbocycles. The lowest BCUT2D eigenvalue weighted by Gasteiger charge is -2.56. The molecule has 0 unspecified atom stereocenters. The Morgan fingerprint density at radius 2 is 2.00 bits per heavy atom. The fraction of sp³-hybridized carbons (Fsp3) is 0.500. The summed E-state index contributed by atoms with van der Waals surface area (Å²) in [6.45, 7) is 0.789. The smallest absolute Gasteiger partial charge is 0.349 e. The third-order valence-electron chi connectivity index (χ3n) is 6.90. The van der Waals surface area contributed by atoms with Crippen molar-refractivity contribution in [1.82, 2.24) is 9.80 Å². The van der Waals surface area contributed by atoms with Crippen molar-refractivity contribution in [3.05, 3.63) is 45.3 Å². The first-order valence-corrected chi connectivity index (χ1v) is 10.8. The van der Waals surface area contributed by atoms with Crippen molar-refractivity contribution in [3.63, 3.8) is 0 Å². The Hall–Kier alpha value is -2.38. The molecule has 2 amide bonds. The maximum absolute atomic E-state index is 13.3. The molecule has 0 radical (unpaired) electrons. The molecule has 158 valence electrons. The van der Waals surface area contributed by atoms with Gasteiger partial charge in [0.25, 0.3) is 5.91 Å². The molecule has 30 heavy (non-hydrogen) atoms. The summed E-state index contributed by atoms with van der Waals surface area (Å²) in [7, 11) is 0.